The van der Waals surface area contributed by atoms with E-state index in [2.05, 4.69) is 6.92 Å². The van der Waals surface area contributed by atoms with E-state index >= 15 is 0 Å². The van der Waals surface area contributed by atoms with Gasteiger partial charge in [-0.25, -0.2) is 0 Å². The second-order valence-corrected chi connectivity index (χ2v) is 5.40. The number of carbonyl (C=O) groups is 1. The van der Waals surface area contributed by atoms with Gasteiger partial charge in [-0.2, -0.15) is 0 Å². The third kappa shape index (κ3) is 4.88. The first-order valence-corrected chi connectivity index (χ1v) is 6.58. The first kappa shape index (κ1) is 14.7. The number of nitrogens with zero attached hydrogens (tertiary/aromatic N) is 1. The number of benzene rings is 1. The molecule has 0 unspecified atom stereocenters. The molecule has 2 N–H and O–H groups in total. The van der Waals surface area contributed by atoms with Gasteiger partial charge < -0.3 is 10.6 Å². The maximum atomic E-state index is 12.3. The van der Waals surface area contributed by atoms with E-state index in [1.54, 1.807) is 0 Å². The van der Waals surface area contributed by atoms with Crippen LogP contribution in [0.1, 0.15) is 40.0 Å². The fraction of sp³-hybridized carbons (Fsp3) is 0.533. The highest BCUT2D eigenvalue weighted by Crippen LogP contribution is 2.17. The Morgan fingerprint density at radius 2 is 1.89 bits per heavy atom. The van der Waals surface area contributed by atoms with Gasteiger partial charge in [0.05, 0.1) is 0 Å². The number of para-hydroxylation sites is 1. The van der Waals surface area contributed by atoms with Crippen LogP contribution in [0.15, 0.2) is 30.3 Å². The Balaban J connectivity index is 2.82. The van der Waals surface area contributed by atoms with Crippen LogP contribution in [0.2, 0.25) is 0 Å². The van der Waals surface area contributed by atoms with Gasteiger partial charge in [0.25, 0.3) is 0 Å². The van der Waals surface area contributed by atoms with Crippen LogP contribution < -0.4 is 10.6 Å². The van der Waals surface area contributed by atoms with E-state index in [0.717, 1.165) is 25.1 Å². The van der Waals surface area contributed by atoms with Gasteiger partial charge in [0.1, 0.15) is 0 Å². The molecule has 0 saturated carbocycles. The lowest BCUT2D eigenvalue weighted by atomic mass is 10.0. The zero-order valence-corrected chi connectivity index (χ0v) is 11.6. The largest absolute Gasteiger partial charge is 0.325 e. The van der Waals surface area contributed by atoms with Crippen molar-refractivity contribution in [2.45, 2.75) is 45.6 Å². The van der Waals surface area contributed by atoms with Crippen molar-refractivity contribution in [3.05, 3.63) is 30.3 Å². The molecule has 0 aromatic heterocycles. The molecule has 1 amide bonds. The van der Waals surface area contributed by atoms with Crippen LogP contribution in [0.5, 0.6) is 0 Å². The van der Waals surface area contributed by atoms with E-state index in [-0.39, 0.29) is 5.91 Å². The molecule has 0 aliphatic heterocycles. The second kappa shape index (κ2) is 6.55. The van der Waals surface area contributed by atoms with Gasteiger partial charge in [0.2, 0.25) is 5.91 Å². The van der Waals surface area contributed by atoms with Crippen LogP contribution in [0.4, 0.5) is 5.69 Å². The Morgan fingerprint density at radius 3 is 2.39 bits per heavy atom. The summed E-state index contributed by atoms with van der Waals surface area (Å²) in [6.07, 6.45) is 2.44. The molecule has 100 valence electrons. The number of carbonyl (C=O) groups excluding carboxylic acids is 1. The van der Waals surface area contributed by atoms with Crippen molar-refractivity contribution in [2.75, 3.05) is 11.4 Å². The van der Waals surface area contributed by atoms with Gasteiger partial charge in [-0.1, -0.05) is 31.5 Å². The molecular formula is C15H24N2O. The molecule has 0 atom stereocenters. The number of amides is 1. The van der Waals surface area contributed by atoms with E-state index < -0.39 is 5.54 Å². The van der Waals surface area contributed by atoms with Gasteiger partial charge in [-0.3, -0.25) is 4.79 Å². The molecule has 0 aliphatic rings. The summed E-state index contributed by atoms with van der Waals surface area (Å²) in [5.41, 5.74) is 6.43. The number of hydrogen-bond acceptors (Lipinski definition) is 2. The second-order valence-electron chi connectivity index (χ2n) is 5.40. The van der Waals surface area contributed by atoms with Crippen molar-refractivity contribution < 1.29 is 4.79 Å². The van der Waals surface area contributed by atoms with Crippen LogP contribution in [0.3, 0.4) is 0 Å². The smallest absolute Gasteiger partial charge is 0.228 e. The minimum absolute atomic E-state index is 0.0992. The number of rotatable bonds is 6. The zero-order chi connectivity index (χ0) is 13.6. The van der Waals surface area contributed by atoms with Crippen LogP contribution in [0.25, 0.3) is 0 Å². The molecule has 3 heteroatoms. The van der Waals surface area contributed by atoms with Gasteiger partial charge >= 0.3 is 0 Å². The highest BCUT2D eigenvalue weighted by atomic mass is 16.2. The lowest BCUT2D eigenvalue weighted by Gasteiger charge is -2.26. The topological polar surface area (TPSA) is 46.3 Å². The molecule has 18 heavy (non-hydrogen) atoms. The normalized spacial score (nSPS) is 11.3. The molecule has 0 bridgehead atoms. The van der Waals surface area contributed by atoms with Crippen LogP contribution in [0, 0.1) is 0 Å². The van der Waals surface area contributed by atoms with Crippen LogP contribution >= 0.6 is 0 Å². The van der Waals surface area contributed by atoms with Gasteiger partial charge in [0.15, 0.2) is 0 Å². The van der Waals surface area contributed by atoms with Gasteiger partial charge in [0, 0.05) is 24.2 Å². The molecule has 0 radical (unpaired) electrons. The SMILES string of the molecule is CCCCN(C(=O)CC(C)(C)N)c1ccccc1. The number of anilines is 1. The first-order chi connectivity index (χ1) is 8.44. The average molecular weight is 248 g/mol. The average Bonchev–Trinajstić information content (AvgIpc) is 2.28. The molecular weight excluding hydrogens is 224 g/mol. The van der Waals surface area contributed by atoms with Crippen LogP contribution in [-0.4, -0.2) is 18.0 Å². The van der Waals surface area contributed by atoms with E-state index in [9.17, 15) is 4.79 Å². The summed E-state index contributed by atoms with van der Waals surface area (Å²) in [5.74, 6) is 0.0992. The minimum atomic E-state index is -0.462. The fourth-order valence-electron chi connectivity index (χ4n) is 1.81. The van der Waals surface area contributed by atoms with Crippen molar-refractivity contribution in [1.29, 1.82) is 0 Å². The Hall–Kier alpha value is -1.35. The molecule has 0 heterocycles. The van der Waals surface area contributed by atoms with Crippen molar-refractivity contribution in [1.82, 2.24) is 0 Å². The number of nitrogens with two attached hydrogens (primary N) is 1. The maximum Gasteiger partial charge on any atom is 0.228 e. The lowest BCUT2D eigenvalue weighted by Crippen LogP contribution is -2.41. The quantitative estimate of drug-likeness (QED) is 0.841. The van der Waals surface area contributed by atoms with E-state index in [1.165, 1.54) is 0 Å². The molecule has 0 aliphatic carbocycles. The van der Waals surface area contributed by atoms with E-state index in [0.29, 0.717) is 6.42 Å². The highest BCUT2D eigenvalue weighted by Gasteiger charge is 2.22. The highest BCUT2D eigenvalue weighted by molar-refractivity contribution is 5.93. The van der Waals surface area contributed by atoms with Gasteiger partial charge in [-0.05, 0) is 32.4 Å². The van der Waals surface area contributed by atoms with Crippen molar-refractivity contribution in [2.24, 2.45) is 5.73 Å². The summed E-state index contributed by atoms with van der Waals surface area (Å²) < 4.78 is 0. The molecule has 0 fully saturated rings. The molecule has 1 aromatic carbocycles. The predicted molar refractivity (Wildman–Crippen MR) is 76.6 cm³/mol. The van der Waals surface area contributed by atoms with Crippen molar-refractivity contribution >= 4 is 11.6 Å². The van der Waals surface area contributed by atoms with Gasteiger partial charge in [-0.15, -0.1) is 0 Å². The predicted octanol–water partition coefficient (Wildman–Crippen LogP) is 2.95. The monoisotopic (exact) mass is 248 g/mol. The summed E-state index contributed by atoms with van der Waals surface area (Å²) >= 11 is 0. The molecule has 1 rings (SSSR count). The Labute approximate surface area is 110 Å². The van der Waals surface area contributed by atoms with E-state index in [1.807, 2.05) is 49.1 Å². The summed E-state index contributed by atoms with van der Waals surface area (Å²) in [4.78, 5) is 14.2. The van der Waals surface area contributed by atoms with Crippen molar-refractivity contribution in [3.8, 4) is 0 Å². The third-order valence-electron chi connectivity index (χ3n) is 2.71. The van der Waals surface area contributed by atoms with E-state index in [4.69, 9.17) is 5.73 Å². The Kier molecular flexibility index (Phi) is 5.35. The summed E-state index contributed by atoms with van der Waals surface area (Å²) in [6, 6.07) is 9.80. The standard InChI is InChI=1S/C15H24N2O/c1-4-5-11-17(13-9-7-6-8-10-13)14(18)12-15(2,3)16/h6-10H,4-5,11-12,16H2,1-3H3. The Bertz CT molecular complexity index is 368. The summed E-state index contributed by atoms with van der Waals surface area (Å²) in [6.45, 7) is 6.65. The molecule has 0 spiro atoms. The fourth-order valence-corrected chi connectivity index (χ4v) is 1.81. The molecule has 1 aromatic rings. The molecule has 3 nitrogen and oxygen atoms in total. The summed E-state index contributed by atoms with van der Waals surface area (Å²) in [7, 11) is 0. The zero-order valence-electron chi connectivity index (χ0n) is 11.6. The number of hydrogen-bond donors (Lipinski definition) is 1. The minimum Gasteiger partial charge on any atom is -0.325 e. The molecule has 0 saturated heterocycles. The lowest BCUT2D eigenvalue weighted by molar-refractivity contribution is -0.119. The summed E-state index contributed by atoms with van der Waals surface area (Å²) in [5, 5.41) is 0. The Morgan fingerprint density at radius 1 is 1.28 bits per heavy atom. The third-order valence-corrected chi connectivity index (χ3v) is 2.71. The maximum absolute atomic E-state index is 12.3. The first-order valence-electron chi connectivity index (χ1n) is 6.58. The van der Waals surface area contributed by atoms with Crippen LogP contribution in [-0.2, 0) is 4.79 Å². The number of unbranched alkanes of at least 4 members (excludes halogenated alkanes) is 1. The van der Waals surface area contributed by atoms with Crippen molar-refractivity contribution in [3.63, 3.8) is 0 Å².